The number of aromatic nitrogens is 1. The molecule has 0 saturated carbocycles. The van der Waals surface area contributed by atoms with Crippen LogP contribution in [0, 0.1) is 0 Å². The van der Waals surface area contributed by atoms with Gasteiger partial charge in [-0.25, -0.2) is 0 Å². The Morgan fingerprint density at radius 2 is 2.00 bits per heavy atom. The summed E-state index contributed by atoms with van der Waals surface area (Å²) in [5.74, 6) is 0. The molecule has 2 aromatic carbocycles. The topological polar surface area (TPSA) is 51.5 Å². The number of hydrogen-bond acceptors (Lipinski definition) is 4. The molecule has 2 atom stereocenters. The van der Waals surface area contributed by atoms with Gasteiger partial charge in [0.2, 0.25) is 0 Å². The summed E-state index contributed by atoms with van der Waals surface area (Å²) in [4.78, 5) is 14.2. The lowest BCUT2D eigenvalue weighted by Gasteiger charge is -2.36. The van der Waals surface area contributed by atoms with Gasteiger partial charge in [-0.2, -0.15) is 0 Å². The van der Waals surface area contributed by atoms with Crippen LogP contribution >= 0.6 is 11.8 Å². The molecule has 0 aliphatic carbocycles. The normalized spacial score (nSPS) is 22.9. The Hall–Kier alpha value is -2.08. The fraction of sp³-hybridized carbons (Fsp3) is 0.318. The van der Waals surface area contributed by atoms with Crippen molar-refractivity contribution in [2.24, 2.45) is 7.05 Å². The third-order valence-electron chi connectivity index (χ3n) is 5.24. The van der Waals surface area contributed by atoms with E-state index >= 15 is 0 Å². The number of ether oxygens (including phenoxy) is 1. The minimum Gasteiger partial charge on any atom is -0.385 e. The molecule has 140 valence electrons. The zero-order chi connectivity index (χ0) is 19.0. The molecule has 1 aliphatic rings. The van der Waals surface area contributed by atoms with Gasteiger partial charge in [-0.3, -0.25) is 4.79 Å². The summed E-state index contributed by atoms with van der Waals surface area (Å²) in [5, 5.41) is 12.2. The van der Waals surface area contributed by atoms with E-state index in [1.165, 1.54) is 0 Å². The molecule has 5 heteroatoms. The SMILES string of the molecule is C[C@H]1C[C@@](O)(c2cccc(Sc3cccc4ccc(=O)n(C)c34)c2)CCO1. The van der Waals surface area contributed by atoms with Crippen LogP contribution in [0.2, 0.25) is 0 Å². The Kier molecular flexibility index (Phi) is 4.84. The van der Waals surface area contributed by atoms with Gasteiger partial charge in [0.1, 0.15) is 0 Å². The van der Waals surface area contributed by atoms with E-state index in [1.807, 2.05) is 49.4 Å². The first kappa shape index (κ1) is 18.3. The molecule has 27 heavy (non-hydrogen) atoms. The second-order valence-corrected chi connectivity index (χ2v) is 8.34. The van der Waals surface area contributed by atoms with Crippen LogP contribution in [0.3, 0.4) is 0 Å². The van der Waals surface area contributed by atoms with Crippen LogP contribution in [-0.4, -0.2) is 22.4 Å². The zero-order valence-electron chi connectivity index (χ0n) is 15.5. The van der Waals surface area contributed by atoms with E-state index in [9.17, 15) is 9.90 Å². The lowest BCUT2D eigenvalue weighted by atomic mass is 9.84. The van der Waals surface area contributed by atoms with Gasteiger partial charge in [0.25, 0.3) is 5.56 Å². The third-order valence-corrected chi connectivity index (χ3v) is 6.28. The summed E-state index contributed by atoms with van der Waals surface area (Å²) < 4.78 is 7.29. The molecule has 1 aliphatic heterocycles. The number of hydrogen-bond donors (Lipinski definition) is 1. The molecular weight excluding hydrogens is 358 g/mol. The van der Waals surface area contributed by atoms with E-state index in [-0.39, 0.29) is 11.7 Å². The summed E-state index contributed by atoms with van der Waals surface area (Å²) in [6, 6.07) is 17.6. The predicted molar refractivity (Wildman–Crippen MR) is 108 cm³/mol. The van der Waals surface area contributed by atoms with E-state index in [2.05, 4.69) is 6.07 Å². The summed E-state index contributed by atoms with van der Waals surface area (Å²) in [5.41, 5.74) is 0.991. The van der Waals surface area contributed by atoms with Gasteiger partial charge >= 0.3 is 0 Å². The largest absolute Gasteiger partial charge is 0.385 e. The van der Waals surface area contributed by atoms with E-state index in [1.54, 1.807) is 29.4 Å². The standard InChI is InChI=1S/C22H23NO3S/c1-15-14-22(25,11-12-26-15)17-6-4-7-18(13-17)27-19-8-3-5-16-9-10-20(24)23(2)21(16)19/h3-10,13,15,25H,11-12,14H2,1-2H3/t15-,22+/m0/s1. The van der Waals surface area contributed by atoms with Gasteiger partial charge < -0.3 is 14.4 Å². The summed E-state index contributed by atoms with van der Waals surface area (Å²) in [7, 11) is 1.80. The Labute approximate surface area is 162 Å². The van der Waals surface area contributed by atoms with Gasteiger partial charge in [0, 0.05) is 35.7 Å². The molecule has 1 saturated heterocycles. The molecule has 2 heterocycles. The van der Waals surface area contributed by atoms with Gasteiger partial charge in [-0.15, -0.1) is 0 Å². The maximum Gasteiger partial charge on any atom is 0.250 e. The van der Waals surface area contributed by atoms with Crippen molar-refractivity contribution in [3.05, 3.63) is 70.5 Å². The molecule has 1 aromatic heterocycles. The van der Waals surface area contributed by atoms with Crippen molar-refractivity contribution in [1.82, 2.24) is 4.57 Å². The molecule has 3 aromatic rings. The summed E-state index contributed by atoms with van der Waals surface area (Å²) in [6.45, 7) is 2.57. The van der Waals surface area contributed by atoms with Crippen molar-refractivity contribution in [3.8, 4) is 0 Å². The Morgan fingerprint density at radius 1 is 1.19 bits per heavy atom. The molecule has 1 fully saturated rings. The highest BCUT2D eigenvalue weighted by Crippen LogP contribution is 2.38. The number of fused-ring (bicyclic) bond motifs is 1. The average molecular weight is 381 g/mol. The highest BCUT2D eigenvalue weighted by molar-refractivity contribution is 7.99. The second-order valence-electron chi connectivity index (χ2n) is 7.22. The van der Waals surface area contributed by atoms with E-state index in [0.29, 0.717) is 19.4 Å². The number of aryl methyl sites for hydroxylation is 1. The van der Waals surface area contributed by atoms with Crippen LogP contribution in [0.4, 0.5) is 0 Å². The molecule has 0 amide bonds. The molecule has 0 radical (unpaired) electrons. The molecular formula is C22H23NO3S. The summed E-state index contributed by atoms with van der Waals surface area (Å²) in [6.07, 6.45) is 1.26. The second kappa shape index (κ2) is 7.15. The quantitative estimate of drug-likeness (QED) is 0.743. The lowest BCUT2D eigenvalue weighted by Crippen LogP contribution is -2.37. The number of nitrogens with zero attached hydrogens (tertiary/aromatic N) is 1. The lowest BCUT2D eigenvalue weighted by molar-refractivity contribution is -0.101. The first-order chi connectivity index (χ1) is 13.0. The number of rotatable bonds is 3. The van der Waals surface area contributed by atoms with Crippen LogP contribution in [-0.2, 0) is 17.4 Å². The van der Waals surface area contributed by atoms with E-state index in [0.717, 1.165) is 26.3 Å². The Bertz CT molecular complexity index is 1050. The van der Waals surface area contributed by atoms with Crippen molar-refractivity contribution in [2.45, 2.75) is 41.3 Å². The first-order valence-electron chi connectivity index (χ1n) is 9.17. The maximum absolute atomic E-state index is 12.1. The first-order valence-corrected chi connectivity index (χ1v) is 9.99. The summed E-state index contributed by atoms with van der Waals surface area (Å²) >= 11 is 1.62. The predicted octanol–water partition coefficient (Wildman–Crippen LogP) is 4.08. The van der Waals surface area contributed by atoms with Gasteiger partial charge in [0.15, 0.2) is 0 Å². The van der Waals surface area contributed by atoms with Crippen LogP contribution < -0.4 is 5.56 Å². The molecule has 4 nitrogen and oxygen atoms in total. The van der Waals surface area contributed by atoms with E-state index in [4.69, 9.17) is 4.74 Å². The van der Waals surface area contributed by atoms with Crippen LogP contribution in [0.15, 0.2) is 69.2 Å². The number of aliphatic hydroxyl groups is 1. The zero-order valence-corrected chi connectivity index (χ0v) is 16.3. The van der Waals surface area contributed by atoms with Gasteiger partial charge in [-0.05, 0) is 42.1 Å². The van der Waals surface area contributed by atoms with Crippen LogP contribution in [0.25, 0.3) is 10.9 Å². The minimum absolute atomic E-state index is 0.0187. The van der Waals surface area contributed by atoms with Crippen molar-refractivity contribution < 1.29 is 9.84 Å². The fourth-order valence-electron chi connectivity index (χ4n) is 3.80. The maximum atomic E-state index is 12.1. The van der Waals surface area contributed by atoms with Crippen LogP contribution in [0.5, 0.6) is 0 Å². The molecule has 0 spiro atoms. The monoisotopic (exact) mass is 381 g/mol. The van der Waals surface area contributed by atoms with Crippen molar-refractivity contribution >= 4 is 22.7 Å². The Balaban J connectivity index is 1.71. The third kappa shape index (κ3) is 3.55. The molecule has 1 N–H and O–H groups in total. The molecule has 0 bridgehead atoms. The smallest absolute Gasteiger partial charge is 0.250 e. The number of benzene rings is 2. The fourth-order valence-corrected chi connectivity index (χ4v) is 4.89. The molecule has 4 rings (SSSR count). The highest BCUT2D eigenvalue weighted by atomic mass is 32.2. The molecule has 0 unspecified atom stereocenters. The van der Waals surface area contributed by atoms with Gasteiger partial charge in [-0.1, -0.05) is 36.0 Å². The number of para-hydroxylation sites is 1. The van der Waals surface area contributed by atoms with Crippen molar-refractivity contribution in [3.63, 3.8) is 0 Å². The minimum atomic E-state index is -0.847. The Morgan fingerprint density at radius 3 is 2.81 bits per heavy atom. The number of pyridine rings is 1. The highest BCUT2D eigenvalue weighted by Gasteiger charge is 2.35. The van der Waals surface area contributed by atoms with Crippen molar-refractivity contribution in [1.29, 1.82) is 0 Å². The van der Waals surface area contributed by atoms with Crippen molar-refractivity contribution in [2.75, 3.05) is 6.61 Å². The van der Waals surface area contributed by atoms with Gasteiger partial charge in [0.05, 0.1) is 23.8 Å². The van der Waals surface area contributed by atoms with E-state index < -0.39 is 5.60 Å². The average Bonchev–Trinajstić information content (AvgIpc) is 2.65. The van der Waals surface area contributed by atoms with Crippen LogP contribution in [0.1, 0.15) is 25.3 Å².